The molecule has 0 aliphatic heterocycles. The van der Waals surface area contributed by atoms with E-state index in [-0.39, 0.29) is 0 Å². The average Bonchev–Trinajstić information content (AvgIpc) is 2.67. The van der Waals surface area contributed by atoms with Crippen molar-refractivity contribution in [3.63, 3.8) is 0 Å². The van der Waals surface area contributed by atoms with E-state index in [1.807, 2.05) is 24.3 Å². The van der Waals surface area contributed by atoms with Crippen LogP contribution in [0.3, 0.4) is 0 Å². The van der Waals surface area contributed by atoms with Crippen LogP contribution in [0, 0.1) is 0 Å². The van der Waals surface area contributed by atoms with Crippen molar-refractivity contribution in [2.75, 3.05) is 5.73 Å². The van der Waals surface area contributed by atoms with Crippen LogP contribution in [0.5, 0.6) is 0 Å². The molecule has 0 radical (unpaired) electrons. The Morgan fingerprint density at radius 3 is 2.71 bits per heavy atom. The Labute approximate surface area is 86.4 Å². The van der Waals surface area contributed by atoms with Gasteiger partial charge in [-0.1, -0.05) is 12.1 Å². The van der Waals surface area contributed by atoms with Gasteiger partial charge in [-0.3, -0.25) is 0 Å². The van der Waals surface area contributed by atoms with Crippen LogP contribution in [-0.2, 0) is 6.54 Å². The van der Waals surface area contributed by atoms with Crippen molar-refractivity contribution in [2.24, 2.45) is 5.73 Å². The summed E-state index contributed by atoms with van der Waals surface area (Å²) in [6.45, 7) is 0.532. The van der Waals surface area contributed by atoms with Crippen LogP contribution in [-0.4, -0.2) is 4.98 Å². The fourth-order valence-corrected chi connectivity index (χ4v) is 2.06. The first kappa shape index (κ1) is 9.18. The van der Waals surface area contributed by atoms with E-state index >= 15 is 0 Å². The van der Waals surface area contributed by atoms with Gasteiger partial charge in [0.05, 0.1) is 0 Å². The van der Waals surface area contributed by atoms with Crippen LogP contribution in [0.25, 0.3) is 10.6 Å². The molecule has 3 nitrogen and oxygen atoms in total. The number of rotatable bonds is 2. The maximum atomic E-state index is 5.84. The van der Waals surface area contributed by atoms with E-state index in [0.29, 0.717) is 6.54 Å². The highest BCUT2D eigenvalue weighted by Crippen LogP contribution is 2.29. The van der Waals surface area contributed by atoms with E-state index in [4.69, 9.17) is 11.5 Å². The third kappa shape index (κ3) is 1.62. The van der Waals surface area contributed by atoms with Gasteiger partial charge in [0.1, 0.15) is 5.01 Å². The number of nitrogens with two attached hydrogens (primary N) is 2. The number of nitrogen functional groups attached to an aromatic ring is 1. The van der Waals surface area contributed by atoms with Crippen molar-refractivity contribution in [3.8, 4) is 10.6 Å². The Kier molecular flexibility index (Phi) is 2.47. The second-order valence-corrected chi connectivity index (χ2v) is 4.04. The van der Waals surface area contributed by atoms with Gasteiger partial charge in [-0.15, -0.1) is 11.3 Å². The van der Waals surface area contributed by atoms with Gasteiger partial charge in [-0.25, -0.2) is 4.98 Å². The third-order valence-corrected chi connectivity index (χ3v) is 3.00. The van der Waals surface area contributed by atoms with Crippen LogP contribution in [0.15, 0.2) is 30.5 Å². The molecule has 0 bridgehead atoms. The molecule has 0 saturated heterocycles. The molecule has 1 heterocycles. The molecule has 1 aromatic carbocycles. The van der Waals surface area contributed by atoms with Crippen molar-refractivity contribution in [1.82, 2.24) is 4.98 Å². The highest BCUT2D eigenvalue weighted by molar-refractivity contribution is 7.15. The molecule has 0 aliphatic carbocycles. The first-order valence-corrected chi connectivity index (χ1v) is 5.12. The lowest BCUT2D eigenvalue weighted by Crippen LogP contribution is -1.91. The SMILES string of the molecule is NCc1cnc(-c2ccccc2N)s1. The second kappa shape index (κ2) is 3.77. The lowest BCUT2D eigenvalue weighted by molar-refractivity contribution is 1.10. The van der Waals surface area contributed by atoms with Gasteiger partial charge in [0.15, 0.2) is 0 Å². The summed E-state index contributed by atoms with van der Waals surface area (Å²) >= 11 is 1.58. The van der Waals surface area contributed by atoms with E-state index in [0.717, 1.165) is 21.1 Å². The molecule has 72 valence electrons. The Morgan fingerprint density at radius 2 is 2.07 bits per heavy atom. The molecule has 4 N–H and O–H groups in total. The zero-order valence-corrected chi connectivity index (χ0v) is 8.42. The molecular weight excluding hydrogens is 194 g/mol. The first-order chi connectivity index (χ1) is 6.81. The largest absolute Gasteiger partial charge is 0.398 e. The molecule has 0 unspecified atom stereocenters. The molecule has 0 spiro atoms. The van der Waals surface area contributed by atoms with Crippen LogP contribution in [0.2, 0.25) is 0 Å². The summed E-state index contributed by atoms with van der Waals surface area (Å²) in [5, 5.41) is 0.934. The predicted molar refractivity (Wildman–Crippen MR) is 59.9 cm³/mol. The van der Waals surface area contributed by atoms with Gasteiger partial charge in [0.2, 0.25) is 0 Å². The summed E-state index contributed by atoms with van der Waals surface area (Å²) < 4.78 is 0. The zero-order chi connectivity index (χ0) is 9.97. The quantitative estimate of drug-likeness (QED) is 0.735. The summed E-state index contributed by atoms with van der Waals surface area (Å²) in [4.78, 5) is 5.35. The van der Waals surface area contributed by atoms with Crippen LogP contribution in [0.1, 0.15) is 4.88 Å². The number of hydrogen-bond donors (Lipinski definition) is 2. The first-order valence-electron chi connectivity index (χ1n) is 4.31. The highest BCUT2D eigenvalue weighted by atomic mass is 32.1. The highest BCUT2D eigenvalue weighted by Gasteiger charge is 2.05. The van der Waals surface area contributed by atoms with E-state index < -0.39 is 0 Å². The molecule has 2 aromatic rings. The monoisotopic (exact) mass is 205 g/mol. The molecule has 14 heavy (non-hydrogen) atoms. The summed E-state index contributed by atoms with van der Waals surface area (Å²) in [5.74, 6) is 0. The number of para-hydroxylation sites is 1. The van der Waals surface area contributed by atoms with Crippen molar-refractivity contribution in [2.45, 2.75) is 6.54 Å². The number of hydrogen-bond acceptors (Lipinski definition) is 4. The Balaban J connectivity index is 2.44. The summed E-state index contributed by atoms with van der Waals surface area (Å²) in [5.41, 5.74) is 13.1. The lowest BCUT2D eigenvalue weighted by Gasteiger charge is -1.99. The molecular formula is C10H11N3S. The fraction of sp³-hybridized carbons (Fsp3) is 0.100. The molecule has 0 atom stereocenters. The number of nitrogens with zero attached hydrogens (tertiary/aromatic N) is 1. The minimum Gasteiger partial charge on any atom is -0.398 e. The van der Waals surface area contributed by atoms with Gasteiger partial charge in [0, 0.05) is 28.9 Å². The lowest BCUT2D eigenvalue weighted by atomic mass is 10.2. The molecule has 0 amide bonds. The number of aromatic nitrogens is 1. The number of thiazole rings is 1. The third-order valence-electron chi connectivity index (χ3n) is 1.95. The van der Waals surface area contributed by atoms with Gasteiger partial charge in [-0.05, 0) is 12.1 Å². The van der Waals surface area contributed by atoms with Crippen LogP contribution >= 0.6 is 11.3 Å². The smallest absolute Gasteiger partial charge is 0.125 e. The number of anilines is 1. The van der Waals surface area contributed by atoms with Crippen molar-refractivity contribution in [1.29, 1.82) is 0 Å². The standard InChI is InChI=1S/C10H11N3S/c11-5-7-6-13-10(14-7)8-3-1-2-4-9(8)12/h1-4,6H,5,11-12H2. The molecule has 0 saturated carbocycles. The van der Waals surface area contributed by atoms with Crippen LogP contribution < -0.4 is 11.5 Å². The molecule has 2 rings (SSSR count). The van der Waals surface area contributed by atoms with Gasteiger partial charge in [0.25, 0.3) is 0 Å². The average molecular weight is 205 g/mol. The summed E-state index contributed by atoms with van der Waals surface area (Å²) in [6.07, 6.45) is 1.80. The maximum absolute atomic E-state index is 5.84. The maximum Gasteiger partial charge on any atom is 0.125 e. The second-order valence-electron chi connectivity index (χ2n) is 2.92. The fourth-order valence-electron chi connectivity index (χ4n) is 1.22. The predicted octanol–water partition coefficient (Wildman–Crippen LogP) is 1.85. The van der Waals surface area contributed by atoms with Crippen molar-refractivity contribution < 1.29 is 0 Å². The van der Waals surface area contributed by atoms with Gasteiger partial charge < -0.3 is 11.5 Å². The molecule has 1 aromatic heterocycles. The van der Waals surface area contributed by atoms with E-state index in [9.17, 15) is 0 Å². The van der Waals surface area contributed by atoms with E-state index in [2.05, 4.69) is 4.98 Å². The van der Waals surface area contributed by atoms with Crippen molar-refractivity contribution in [3.05, 3.63) is 35.3 Å². The molecule has 4 heteroatoms. The topological polar surface area (TPSA) is 64.9 Å². The van der Waals surface area contributed by atoms with Gasteiger partial charge in [-0.2, -0.15) is 0 Å². The molecule has 0 fully saturated rings. The molecule has 0 aliphatic rings. The minimum absolute atomic E-state index is 0.532. The number of benzene rings is 1. The zero-order valence-electron chi connectivity index (χ0n) is 7.60. The Morgan fingerprint density at radius 1 is 1.29 bits per heavy atom. The normalized spacial score (nSPS) is 10.4. The van der Waals surface area contributed by atoms with Gasteiger partial charge >= 0.3 is 0 Å². The van der Waals surface area contributed by atoms with E-state index in [1.54, 1.807) is 17.5 Å². The van der Waals surface area contributed by atoms with E-state index in [1.165, 1.54) is 0 Å². The van der Waals surface area contributed by atoms with Crippen LogP contribution in [0.4, 0.5) is 5.69 Å². The summed E-state index contributed by atoms with van der Waals surface area (Å²) in [6, 6.07) is 7.71. The Hall–Kier alpha value is -1.39. The minimum atomic E-state index is 0.532. The summed E-state index contributed by atoms with van der Waals surface area (Å²) in [7, 11) is 0. The van der Waals surface area contributed by atoms with Crippen molar-refractivity contribution >= 4 is 17.0 Å². The Bertz CT molecular complexity index is 436.